The van der Waals surface area contributed by atoms with Crippen LogP contribution in [0, 0.1) is 0 Å². The summed E-state index contributed by atoms with van der Waals surface area (Å²) in [5.41, 5.74) is 0. The van der Waals surface area contributed by atoms with Crippen LogP contribution in [-0.2, 0) is 32.7 Å². The van der Waals surface area contributed by atoms with Crippen molar-refractivity contribution in [1.29, 1.82) is 0 Å². The molecule has 0 amide bonds. The van der Waals surface area contributed by atoms with Crippen molar-refractivity contribution in [1.82, 2.24) is 0 Å². The lowest BCUT2D eigenvalue weighted by atomic mass is 10.1. The Morgan fingerprint density at radius 1 is 0.625 bits per heavy atom. The molecular weight excluding hydrogens is 735 g/mol. The maximum atomic E-state index is 12.6. The number of esters is 2. The summed E-state index contributed by atoms with van der Waals surface area (Å²) >= 11 is 0. The normalized spacial score (nSPS) is 15.0. The van der Waals surface area contributed by atoms with E-state index >= 15 is 0 Å². The molecule has 0 aliphatic rings. The number of aliphatic hydroxyl groups is 3. The second-order valence-electron chi connectivity index (χ2n) is 14.2. The molecule has 56 heavy (non-hydrogen) atoms. The average Bonchev–Trinajstić information content (AvgIpc) is 3.18. The van der Waals surface area contributed by atoms with E-state index in [1.807, 2.05) is 24.3 Å². The van der Waals surface area contributed by atoms with Gasteiger partial charge in [-0.15, -0.1) is 0 Å². The summed E-state index contributed by atoms with van der Waals surface area (Å²) in [4.78, 5) is 35.0. The van der Waals surface area contributed by atoms with Crippen molar-refractivity contribution in [2.45, 2.75) is 180 Å². The molecule has 0 aromatic carbocycles. The number of aliphatic hydroxyl groups excluding tert-OH is 3. The summed E-state index contributed by atoms with van der Waals surface area (Å²) in [5.74, 6) is -0.992. The molecule has 0 aromatic heterocycles. The maximum absolute atomic E-state index is 12.6. The van der Waals surface area contributed by atoms with Crippen molar-refractivity contribution >= 4 is 19.8 Å². The molecule has 0 saturated heterocycles. The minimum atomic E-state index is -4.64. The minimum Gasteiger partial charge on any atom is -0.462 e. The van der Waals surface area contributed by atoms with Gasteiger partial charge in [-0.2, -0.15) is 0 Å². The Bertz CT molecular complexity index is 1130. The molecule has 0 aromatic rings. The maximum Gasteiger partial charge on any atom is 0.472 e. The largest absolute Gasteiger partial charge is 0.472 e. The van der Waals surface area contributed by atoms with Gasteiger partial charge in [0.15, 0.2) is 6.10 Å². The van der Waals surface area contributed by atoms with Gasteiger partial charge in [0.25, 0.3) is 0 Å². The third kappa shape index (κ3) is 38.5. The number of allylic oxidation sites excluding steroid dienone is 8. The number of carbonyl (C=O) groups excluding carboxylic acids is 2. The topological polar surface area (TPSA) is 169 Å². The first-order chi connectivity index (χ1) is 27.1. The predicted molar refractivity (Wildman–Crippen MR) is 225 cm³/mol. The molecule has 324 valence electrons. The van der Waals surface area contributed by atoms with E-state index in [1.165, 1.54) is 44.9 Å². The summed E-state index contributed by atoms with van der Waals surface area (Å²) in [6.45, 7) is 2.08. The summed E-state index contributed by atoms with van der Waals surface area (Å²) in [5, 5.41) is 28.2. The fraction of sp³-hybridized carbons (Fsp3) is 0.727. The van der Waals surface area contributed by atoms with Crippen LogP contribution in [0.15, 0.2) is 60.8 Å². The Hall–Kier alpha value is -2.37. The zero-order valence-electron chi connectivity index (χ0n) is 34.7. The molecule has 0 rings (SSSR count). The highest BCUT2D eigenvalue weighted by Crippen LogP contribution is 2.43. The van der Waals surface area contributed by atoms with E-state index in [1.54, 1.807) is 6.08 Å². The van der Waals surface area contributed by atoms with Crippen molar-refractivity contribution in [3.05, 3.63) is 60.8 Å². The lowest BCUT2D eigenvalue weighted by Crippen LogP contribution is -2.29. The molecule has 0 aliphatic heterocycles. The Balaban J connectivity index is 4.39. The van der Waals surface area contributed by atoms with Gasteiger partial charge in [-0.05, 0) is 70.6 Å². The van der Waals surface area contributed by atoms with E-state index < -0.39 is 57.9 Å². The number of phosphoric acid groups is 1. The van der Waals surface area contributed by atoms with Crippen LogP contribution in [0.5, 0.6) is 0 Å². The number of hydrogen-bond donors (Lipinski definition) is 4. The SMILES string of the molecule is CC/C=C/CC(O)/C=C/C=C/CCCCCCCC(=O)O[C@H](COC(=O)CCCCCCCCC/C=C\C/C=C\CCCCC)COP(=O)(O)OC[C@@H](O)CO. The number of hydrogen-bond acceptors (Lipinski definition) is 10. The molecule has 12 heteroatoms. The number of rotatable bonds is 39. The highest BCUT2D eigenvalue weighted by molar-refractivity contribution is 7.47. The van der Waals surface area contributed by atoms with Gasteiger partial charge >= 0.3 is 19.8 Å². The zero-order valence-corrected chi connectivity index (χ0v) is 35.6. The second kappa shape index (κ2) is 39.5. The van der Waals surface area contributed by atoms with Gasteiger partial charge in [0, 0.05) is 12.8 Å². The van der Waals surface area contributed by atoms with Crippen LogP contribution in [0.25, 0.3) is 0 Å². The Kier molecular flexibility index (Phi) is 37.8. The third-order valence-corrected chi connectivity index (χ3v) is 9.69. The monoisotopic (exact) mass is 813 g/mol. The lowest BCUT2D eigenvalue weighted by molar-refractivity contribution is -0.161. The molecule has 0 bridgehead atoms. The van der Waals surface area contributed by atoms with E-state index in [2.05, 4.69) is 48.8 Å². The molecular formula is C44H77O11P. The van der Waals surface area contributed by atoms with E-state index in [0.717, 1.165) is 70.6 Å². The summed E-state index contributed by atoms with van der Waals surface area (Å²) in [6.07, 6.45) is 39.4. The van der Waals surface area contributed by atoms with E-state index in [4.69, 9.17) is 19.1 Å². The van der Waals surface area contributed by atoms with Gasteiger partial charge in [-0.1, -0.05) is 139 Å². The second-order valence-corrected chi connectivity index (χ2v) is 15.6. The van der Waals surface area contributed by atoms with Crippen LogP contribution in [0.3, 0.4) is 0 Å². The van der Waals surface area contributed by atoms with Crippen molar-refractivity contribution in [2.24, 2.45) is 0 Å². The number of carbonyl (C=O) groups is 2. The first-order valence-electron chi connectivity index (χ1n) is 21.4. The van der Waals surface area contributed by atoms with Crippen LogP contribution in [0.4, 0.5) is 0 Å². The van der Waals surface area contributed by atoms with Crippen LogP contribution in [0.1, 0.15) is 162 Å². The molecule has 0 spiro atoms. The molecule has 2 unspecified atom stereocenters. The molecule has 0 radical (unpaired) electrons. The van der Waals surface area contributed by atoms with Crippen LogP contribution in [-0.4, -0.2) is 76.9 Å². The van der Waals surface area contributed by atoms with Crippen LogP contribution < -0.4 is 0 Å². The Labute approximate surface area is 338 Å². The van der Waals surface area contributed by atoms with Gasteiger partial charge in [-0.25, -0.2) is 4.57 Å². The predicted octanol–water partition coefficient (Wildman–Crippen LogP) is 10.1. The van der Waals surface area contributed by atoms with Crippen molar-refractivity contribution < 1.29 is 52.9 Å². The zero-order chi connectivity index (χ0) is 41.4. The number of unbranched alkanes of at least 4 members (excludes halogenated alkanes) is 15. The average molecular weight is 813 g/mol. The molecule has 0 saturated carbocycles. The van der Waals surface area contributed by atoms with Gasteiger partial charge in [0.1, 0.15) is 12.7 Å². The van der Waals surface area contributed by atoms with Gasteiger partial charge < -0.3 is 29.7 Å². The summed E-state index contributed by atoms with van der Waals surface area (Å²) in [7, 11) is -4.64. The quantitative estimate of drug-likeness (QED) is 0.0153. The minimum absolute atomic E-state index is 0.133. The number of phosphoric ester groups is 1. The summed E-state index contributed by atoms with van der Waals surface area (Å²) < 4.78 is 32.6. The van der Waals surface area contributed by atoms with Gasteiger partial charge in [-0.3, -0.25) is 18.6 Å². The molecule has 11 nitrogen and oxygen atoms in total. The fourth-order valence-electron chi connectivity index (χ4n) is 5.41. The van der Waals surface area contributed by atoms with Gasteiger partial charge in [0.2, 0.25) is 0 Å². The van der Waals surface area contributed by atoms with E-state index in [0.29, 0.717) is 19.3 Å². The molecule has 0 aliphatic carbocycles. The molecule has 0 heterocycles. The first kappa shape index (κ1) is 53.6. The standard InChI is InChI=1S/C44H77O11P/c1-3-5-7-8-9-10-11-12-13-14-15-16-17-20-23-26-30-34-43(48)52-38-42(39-54-56(50,51)53-37-41(47)36-45)55-44(49)35-31-27-24-21-18-19-22-25-29-33-40(46)32-28-6-4-2/h6,9-10,12-13,22,25,28-29,33,40-42,45-47H,3-5,7-8,11,14-21,23-24,26-27,30-32,34-39H2,1-2H3,(H,50,51)/b10-9-,13-12-,25-22+,28-6+,33-29+/t40?,41-,42+/m0/s1. The Morgan fingerprint density at radius 2 is 1.18 bits per heavy atom. The highest BCUT2D eigenvalue weighted by Gasteiger charge is 2.27. The lowest BCUT2D eigenvalue weighted by Gasteiger charge is -2.20. The van der Waals surface area contributed by atoms with Crippen molar-refractivity contribution in [2.75, 3.05) is 26.4 Å². The molecule has 0 fully saturated rings. The van der Waals surface area contributed by atoms with Crippen molar-refractivity contribution in [3.8, 4) is 0 Å². The van der Waals surface area contributed by atoms with Gasteiger partial charge in [0.05, 0.1) is 25.9 Å². The van der Waals surface area contributed by atoms with E-state index in [-0.39, 0.29) is 19.4 Å². The smallest absolute Gasteiger partial charge is 0.462 e. The van der Waals surface area contributed by atoms with Crippen molar-refractivity contribution in [3.63, 3.8) is 0 Å². The Morgan fingerprint density at radius 3 is 1.79 bits per heavy atom. The molecule has 4 N–H and O–H groups in total. The molecule has 4 atom stereocenters. The first-order valence-corrected chi connectivity index (χ1v) is 22.8. The summed E-state index contributed by atoms with van der Waals surface area (Å²) in [6, 6.07) is 0. The third-order valence-electron chi connectivity index (χ3n) is 8.74. The van der Waals surface area contributed by atoms with Crippen LogP contribution >= 0.6 is 7.82 Å². The van der Waals surface area contributed by atoms with E-state index in [9.17, 15) is 29.3 Å². The fourth-order valence-corrected chi connectivity index (χ4v) is 6.20. The number of ether oxygens (including phenoxy) is 2. The van der Waals surface area contributed by atoms with Crippen LogP contribution in [0.2, 0.25) is 0 Å². The highest BCUT2D eigenvalue weighted by atomic mass is 31.2.